The minimum absolute atomic E-state index is 0.222. The highest BCUT2D eigenvalue weighted by molar-refractivity contribution is 7.13. The Hall–Kier alpha value is -2.28. The SMILES string of the molecule is O=C(Nc1ccccc1)c1nnc(C2CCN(C(=O)C3CCCCC3)CC2)s1. The molecular weight excluding hydrogens is 372 g/mol. The van der Waals surface area contributed by atoms with E-state index in [4.69, 9.17) is 0 Å². The molecule has 2 aromatic rings. The molecule has 2 fully saturated rings. The maximum absolute atomic E-state index is 12.7. The Morgan fingerprint density at radius 1 is 0.964 bits per heavy atom. The summed E-state index contributed by atoms with van der Waals surface area (Å²) in [5, 5.41) is 12.5. The number of hydrogen-bond acceptors (Lipinski definition) is 5. The summed E-state index contributed by atoms with van der Waals surface area (Å²) >= 11 is 1.37. The van der Waals surface area contributed by atoms with Gasteiger partial charge in [0.25, 0.3) is 5.91 Å². The van der Waals surface area contributed by atoms with Crippen LogP contribution in [0.1, 0.15) is 65.7 Å². The van der Waals surface area contributed by atoms with Gasteiger partial charge >= 0.3 is 0 Å². The Morgan fingerprint density at radius 3 is 2.39 bits per heavy atom. The maximum Gasteiger partial charge on any atom is 0.286 e. The zero-order valence-corrected chi connectivity index (χ0v) is 16.8. The molecule has 148 valence electrons. The van der Waals surface area contributed by atoms with E-state index in [1.165, 1.54) is 30.6 Å². The summed E-state index contributed by atoms with van der Waals surface area (Å²) in [7, 11) is 0. The number of likely N-dealkylation sites (tertiary alicyclic amines) is 1. The first-order chi connectivity index (χ1) is 13.7. The predicted octanol–water partition coefficient (Wildman–Crippen LogP) is 4.08. The summed E-state index contributed by atoms with van der Waals surface area (Å²) in [6.07, 6.45) is 7.53. The Labute approximate surface area is 169 Å². The normalized spacial score (nSPS) is 18.8. The number of rotatable bonds is 4. The van der Waals surface area contributed by atoms with Gasteiger partial charge in [0.15, 0.2) is 0 Å². The molecule has 0 radical (unpaired) electrons. The summed E-state index contributed by atoms with van der Waals surface area (Å²) in [6.45, 7) is 1.57. The van der Waals surface area contributed by atoms with Crippen molar-refractivity contribution in [3.8, 4) is 0 Å². The monoisotopic (exact) mass is 398 g/mol. The lowest BCUT2D eigenvalue weighted by molar-refractivity contribution is -0.137. The van der Waals surface area contributed by atoms with Crippen molar-refractivity contribution in [1.29, 1.82) is 0 Å². The van der Waals surface area contributed by atoms with Crippen LogP contribution in [0.5, 0.6) is 0 Å². The van der Waals surface area contributed by atoms with E-state index >= 15 is 0 Å². The maximum atomic E-state index is 12.7. The van der Waals surface area contributed by atoms with Crippen molar-refractivity contribution in [1.82, 2.24) is 15.1 Å². The van der Waals surface area contributed by atoms with Crippen LogP contribution in [-0.4, -0.2) is 40.0 Å². The lowest BCUT2D eigenvalue weighted by Gasteiger charge is -2.34. The van der Waals surface area contributed by atoms with Gasteiger partial charge in [-0.05, 0) is 37.8 Å². The van der Waals surface area contributed by atoms with Crippen LogP contribution in [0.3, 0.4) is 0 Å². The predicted molar refractivity (Wildman–Crippen MR) is 109 cm³/mol. The topological polar surface area (TPSA) is 75.2 Å². The molecule has 1 saturated carbocycles. The number of nitrogens with one attached hydrogen (secondary N) is 1. The molecule has 6 nitrogen and oxygen atoms in total. The van der Waals surface area contributed by atoms with E-state index in [0.717, 1.165) is 49.5 Å². The Kier molecular flexibility index (Phi) is 6.00. The second-order valence-electron chi connectivity index (χ2n) is 7.70. The average molecular weight is 399 g/mol. The molecular formula is C21H26N4O2S. The van der Waals surface area contributed by atoms with Crippen LogP contribution in [0.15, 0.2) is 30.3 Å². The third-order valence-corrected chi connectivity index (χ3v) is 6.86. The van der Waals surface area contributed by atoms with Gasteiger partial charge < -0.3 is 10.2 Å². The zero-order chi connectivity index (χ0) is 19.3. The van der Waals surface area contributed by atoms with Crippen molar-refractivity contribution < 1.29 is 9.59 Å². The Morgan fingerprint density at radius 2 is 1.68 bits per heavy atom. The molecule has 4 rings (SSSR count). The lowest BCUT2D eigenvalue weighted by atomic mass is 9.87. The second kappa shape index (κ2) is 8.82. The van der Waals surface area contributed by atoms with Crippen LogP contribution in [0, 0.1) is 5.92 Å². The fourth-order valence-electron chi connectivity index (χ4n) is 4.15. The van der Waals surface area contributed by atoms with E-state index in [1.807, 2.05) is 35.2 Å². The van der Waals surface area contributed by atoms with Crippen LogP contribution in [0.25, 0.3) is 0 Å². The van der Waals surface area contributed by atoms with E-state index < -0.39 is 0 Å². The molecule has 28 heavy (non-hydrogen) atoms. The van der Waals surface area contributed by atoms with Gasteiger partial charge in [-0.1, -0.05) is 48.8 Å². The summed E-state index contributed by atoms with van der Waals surface area (Å²) in [5.41, 5.74) is 0.749. The number of piperidine rings is 1. The molecule has 2 aliphatic rings. The number of anilines is 1. The Balaban J connectivity index is 1.31. The van der Waals surface area contributed by atoms with Crippen molar-refractivity contribution in [2.45, 2.75) is 50.9 Å². The van der Waals surface area contributed by atoms with Gasteiger partial charge in [0, 0.05) is 30.6 Å². The summed E-state index contributed by atoms with van der Waals surface area (Å²) < 4.78 is 0. The first-order valence-electron chi connectivity index (χ1n) is 10.2. The van der Waals surface area contributed by atoms with Crippen LogP contribution in [0.4, 0.5) is 5.69 Å². The van der Waals surface area contributed by atoms with Crippen LogP contribution >= 0.6 is 11.3 Å². The van der Waals surface area contributed by atoms with E-state index in [-0.39, 0.29) is 17.7 Å². The molecule has 2 amide bonds. The van der Waals surface area contributed by atoms with Gasteiger partial charge in [-0.25, -0.2) is 0 Å². The van der Waals surface area contributed by atoms with Crippen LogP contribution in [-0.2, 0) is 4.79 Å². The second-order valence-corrected chi connectivity index (χ2v) is 8.71. The lowest BCUT2D eigenvalue weighted by Crippen LogP contribution is -2.41. The molecule has 1 saturated heterocycles. The third kappa shape index (κ3) is 4.41. The number of nitrogens with zero attached hydrogens (tertiary/aromatic N) is 3. The third-order valence-electron chi connectivity index (χ3n) is 5.78. The number of para-hydroxylation sites is 1. The van der Waals surface area contributed by atoms with Gasteiger partial charge in [0.1, 0.15) is 5.01 Å². The quantitative estimate of drug-likeness (QED) is 0.842. The van der Waals surface area contributed by atoms with E-state index in [0.29, 0.717) is 10.9 Å². The highest BCUT2D eigenvalue weighted by atomic mass is 32.1. The highest BCUT2D eigenvalue weighted by Crippen LogP contribution is 2.32. The minimum atomic E-state index is -0.222. The molecule has 0 bridgehead atoms. The smallest absolute Gasteiger partial charge is 0.286 e. The number of benzene rings is 1. The number of amides is 2. The van der Waals surface area contributed by atoms with E-state index in [1.54, 1.807) is 0 Å². The van der Waals surface area contributed by atoms with E-state index in [9.17, 15) is 9.59 Å². The molecule has 7 heteroatoms. The molecule has 0 unspecified atom stereocenters. The highest BCUT2D eigenvalue weighted by Gasteiger charge is 2.31. The summed E-state index contributed by atoms with van der Waals surface area (Å²) in [5.74, 6) is 0.643. The minimum Gasteiger partial charge on any atom is -0.342 e. The van der Waals surface area contributed by atoms with Crippen LogP contribution < -0.4 is 5.32 Å². The number of aromatic nitrogens is 2. The molecule has 0 atom stereocenters. The number of carbonyl (C=O) groups excluding carboxylic acids is 2. The fourth-order valence-corrected chi connectivity index (χ4v) is 5.06. The molecule has 1 aliphatic heterocycles. The molecule has 1 aromatic carbocycles. The van der Waals surface area contributed by atoms with Crippen molar-refractivity contribution >= 4 is 28.8 Å². The first kappa shape index (κ1) is 19.1. The zero-order valence-electron chi connectivity index (χ0n) is 16.0. The van der Waals surface area contributed by atoms with Gasteiger partial charge in [0.2, 0.25) is 10.9 Å². The number of carbonyl (C=O) groups is 2. The molecule has 1 N–H and O–H groups in total. The standard InChI is InChI=1S/C21H26N4O2S/c26-18(22-17-9-5-2-6-10-17)20-24-23-19(28-20)15-11-13-25(14-12-15)21(27)16-7-3-1-4-8-16/h2,5-6,9-10,15-16H,1,3-4,7-8,11-14H2,(H,22,26). The van der Waals surface area contributed by atoms with Gasteiger partial charge in [-0.15, -0.1) is 10.2 Å². The summed E-state index contributed by atoms with van der Waals surface area (Å²) in [4.78, 5) is 27.1. The van der Waals surface area contributed by atoms with Crippen LogP contribution in [0.2, 0.25) is 0 Å². The van der Waals surface area contributed by atoms with Gasteiger partial charge in [0.05, 0.1) is 0 Å². The fraction of sp³-hybridized carbons (Fsp3) is 0.524. The molecule has 1 aromatic heterocycles. The molecule has 2 heterocycles. The summed E-state index contributed by atoms with van der Waals surface area (Å²) in [6, 6.07) is 9.36. The number of hydrogen-bond donors (Lipinski definition) is 1. The van der Waals surface area contributed by atoms with Crippen molar-refractivity contribution in [3.05, 3.63) is 40.3 Å². The first-order valence-corrected chi connectivity index (χ1v) is 11.0. The van der Waals surface area contributed by atoms with E-state index in [2.05, 4.69) is 15.5 Å². The largest absolute Gasteiger partial charge is 0.342 e. The molecule has 0 spiro atoms. The van der Waals surface area contributed by atoms with Crippen molar-refractivity contribution in [2.75, 3.05) is 18.4 Å². The molecule has 1 aliphatic carbocycles. The van der Waals surface area contributed by atoms with Crippen molar-refractivity contribution in [2.24, 2.45) is 5.92 Å². The van der Waals surface area contributed by atoms with Crippen molar-refractivity contribution in [3.63, 3.8) is 0 Å². The average Bonchev–Trinajstić information content (AvgIpc) is 3.25. The van der Waals surface area contributed by atoms with Gasteiger partial charge in [-0.3, -0.25) is 9.59 Å². The van der Waals surface area contributed by atoms with Gasteiger partial charge in [-0.2, -0.15) is 0 Å². The Bertz CT molecular complexity index is 809.